The Morgan fingerprint density at radius 1 is 1.47 bits per heavy atom. The van der Waals surface area contributed by atoms with E-state index in [1.807, 2.05) is 6.92 Å². The minimum absolute atomic E-state index is 0.0624. The molecule has 0 aliphatic heterocycles. The summed E-state index contributed by atoms with van der Waals surface area (Å²) < 4.78 is 30.8. The first kappa shape index (κ1) is 16.3. The van der Waals surface area contributed by atoms with Gasteiger partial charge in [-0.2, -0.15) is 8.42 Å². The second-order valence-electron chi connectivity index (χ2n) is 4.11. The Morgan fingerprint density at radius 2 is 2.00 bits per heavy atom. The number of ether oxygens (including phenoxy) is 1. The van der Waals surface area contributed by atoms with E-state index in [9.17, 15) is 13.2 Å². The van der Waals surface area contributed by atoms with Crippen LogP contribution in [0.15, 0.2) is 0 Å². The molecule has 0 amide bonds. The molecule has 6 nitrogen and oxygen atoms in total. The maximum absolute atomic E-state index is 11.3. The maximum Gasteiger partial charge on any atom is 0.308 e. The molecule has 2 atom stereocenters. The van der Waals surface area contributed by atoms with E-state index in [4.69, 9.17) is 15.0 Å². The summed E-state index contributed by atoms with van der Waals surface area (Å²) in [6.45, 7) is 2.31. The highest BCUT2D eigenvalue weighted by Gasteiger charge is 2.25. The van der Waals surface area contributed by atoms with Gasteiger partial charge in [-0.3, -0.25) is 9.35 Å². The van der Waals surface area contributed by atoms with E-state index >= 15 is 0 Å². The molecule has 0 aromatic carbocycles. The van der Waals surface area contributed by atoms with Crippen molar-refractivity contribution in [1.82, 2.24) is 0 Å². The highest BCUT2D eigenvalue weighted by Crippen LogP contribution is 2.23. The molecule has 0 spiro atoms. The molecule has 0 radical (unpaired) electrons. The number of esters is 1. The van der Waals surface area contributed by atoms with Crippen molar-refractivity contribution >= 4 is 16.1 Å². The van der Waals surface area contributed by atoms with Gasteiger partial charge in [-0.1, -0.05) is 6.42 Å². The van der Waals surface area contributed by atoms with Gasteiger partial charge in [0, 0.05) is 6.04 Å². The molecule has 102 valence electrons. The van der Waals surface area contributed by atoms with Crippen LogP contribution in [-0.4, -0.2) is 37.8 Å². The zero-order chi connectivity index (χ0) is 13.5. The van der Waals surface area contributed by atoms with E-state index in [-0.39, 0.29) is 17.9 Å². The van der Waals surface area contributed by atoms with Gasteiger partial charge >= 0.3 is 5.97 Å². The molecular formula is C10H21NO5S. The van der Waals surface area contributed by atoms with Gasteiger partial charge in [-0.05, 0) is 26.2 Å². The van der Waals surface area contributed by atoms with E-state index in [1.54, 1.807) is 0 Å². The van der Waals surface area contributed by atoms with Crippen LogP contribution in [-0.2, 0) is 19.6 Å². The molecule has 1 rings (SSSR count). The zero-order valence-electron chi connectivity index (χ0n) is 10.3. The molecule has 1 aliphatic rings. The third-order valence-electron chi connectivity index (χ3n) is 2.33. The lowest BCUT2D eigenvalue weighted by Crippen LogP contribution is -2.32. The summed E-state index contributed by atoms with van der Waals surface area (Å²) in [5.74, 6) is 0.00125. The zero-order valence-corrected chi connectivity index (χ0v) is 11.1. The average molecular weight is 267 g/mol. The van der Waals surface area contributed by atoms with E-state index in [1.165, 1.54) is 0 Å². The second-order valence-corrected chi connectivity index (χ2v) is 5.57. The molecular weight excluding hydrogens is 246 g/mol. The third kappa shape index (κ3) is 10.2. The lowest BCUT2D eigenvalue weighted by atomic mass is 9.86. The quantitative estimate of drug-likeness (QED) is 0.559. The van der Waals surface area contributed by atoms with Crippen molar-refractivity contribution in [2.24, 2.45) is 11.7 Å². The first-order valence-electron chi connectivity index (χ1n) is 5.58. The van der Waals surface area contributed by atoms with Crippen LogP contribution in [0, 0.1) is 5.92 Å². The SMILES string of the molecule is CCOC(=O)C1CCCC(N)C1.CS(=O)(=O)O. The van der Waals surface area contributed by atoms with Crippen LogP contribution in [0.3, 0.4) is 0 Å². The van der Waals surface area contributed by atoms with E-state index in [2.05, 4.69) is 0 Å². The van der Waals surface area contributed by atoms with Crippen molar-refractivity contribution in [3.8, 4) is 0 Å². The van der Waals surface area contributed by atoms with E-state index < -0.39 is 10.1 Å². The van der Waals surface area contributed by atoms with Crippen molar-refractivity contribution in [1.29, 1.82) is 0 Å². The second kappa shape index (κ2) is 7.62. The molecule has 0 aromatic rings. The summed E-state index contributed by atoms with van der Waals surface area (Å²) >= 11 is 0. The van der Waals surface area contributed by atoms with Crippen LogP contribution in [0.4, 0.5) is 0 Å². The van der Waals surface area contributed by atoms with Crippen molar-refractivity contribution in [2.75, 3.05) is 12.9 Å². The monoisotopic (exact) mass is 267 g/mol. The number of rotatable bonds is 2. The highest BCUT2D eigenvalue weighted by atomic mass is 32.2. The lowest BCUT2D eigenvalue weighted by molar-refractivity contribution is -0.149. The summed E-state index contributed by atoms with van der Waals surface area (Å²) in [7, 11) is -3.67. The fraction of sp³-hybridized carbons (Fsp3) is 0.900. The number of hydrogen-bond acceptors (Lipinski definition) is 5. The predicted octanol–water partition coefficient (Wildman–Crippen LogP) is 0.571. The van der Waals surface area contributed by atoms with Gasteiger partial charge in [0.25, 0.3) is 10.1 Å². The summed E-state index contributed by atoms with van der Waals surface area (Å²) in [5, 5.41) is 0. The molecule has 17 heavy (non-hydrogen) atoms. The van der Waals surface area contributed by atoms with E-state index in [0.29, 0.717) is 12.9 Å². The normalized spacial score (nSPS) is 24.5. The molecule has 1 fully saturated rings. The van der Waals surface area contributed by atoms with Crippen LogP contribution < -0.4 is 5.73 Å². The lowest BCUT2D eigenvalue weighted by Gasteiger charge is -2.24. The molecule has 0 bridgehead atoms. The van der Waals surface area contributed by atoms with Gasteiger partial charge in [0.05, 0.1) is 18.8 Å². The van der Waals surface area contributed by atoms with Gasteiger partial charge in [0.15, 0.2) is 0 Å². The van der Waals surface area contributed by atoms with Gasteiger partial charge in [-0.25, -0.2) is 0 Å². The largest absolute Gasteiger partial charge is 0.466 e. The van der Waals surface area contributed by atoms with Crippen LogP contribution in [0.1, 0.15) is 32.6 Å². The predicted molar refractivity (Wildman–Crippen MR) is 64.0 cm³/mol. The Balaban J connectivity index is 0.000000437. The van der Waals surface area contributed by atoms with Crippen LogP contribution >= 0.6 is 0 Å². The highest BCUT2D eigenvalue weighted by molar-refractivity contribution is 7.85. The topological polar surface area (TPSA) is 107 Å². The summed E-state index contributed by atoms with van der Waals surface area (Å²) in [5.41, 5.74) is 5.75. The Hall–Kier alpha value is -0.660. The Kier molecular flexibility index (Phi) is 7.33. The van der Waals surface area contributed by atoms with E-state index in [0.717, 1.165) is 25.7 Å². The third-order valence-corrected chi connectivity index (χ3v) is 2.33. The Bertz CT molecular complexity index is 320. The fourth-order valence-corrected chi connectivity index (χ4v) is 1.70. The first-order valence-corrected chi connectivity index (χ1v) is 7.43. The van der Waals surface area contributed by atoms with Gasteiger partial charge in [-0.15, -0.1) is 0 Å². The van der Waals surface area contributed by atoms with Crippen molar-refractivity contribution in [3.63, 3.8) is 0 Å². The Labute approximate surface area is 102 Å². The minimum atomic E-state index is -3.67. The molecule has 1 saturated carbocycles. The smallest absolute Gasteiger partial charge is 0.308 e. The maximum atomic E-state index is 11.3. The van der Waals surface area contributed by atoms with Gasteiger partial charge in [0.1, 0.15) is 0 Å². The first-order chi connectivity index (χ1) is 7.74. The summed E-state index contributed by atoms with van der Waals surface area (Å²) in [6, 6.07) is 0.202. The Morgan fingerprint density at radius 3 is 2.41 bits per heavy atom. The number of carbonyl (C=O) groups excluding carboxylic acids is 1. The molecule has 7 heteroatoms. The van der Waals surface area contributed by atoms with Gasteiger partial charge in [0.2, 0.25) is 0 Å². The standard InChI is InChI=1S/C9H17NO2.CH4O3S/c1-2-12-9(11)7-4-3-5-8(10)6-7;1-5(2,3)4/h7-8H,2-6,10H2,1H3;1H3,(H,2,3,4). The van der Waals surface area contributed by atoms with Crippen LogP contribution in [0.5, 0.6) is 0 Å². The average Bonchev–Trinajstić information content (AvgIpc) is 2.15. The van der Waals surface area contributed by atoms with Crippen molar-refractivity contribution in [3.05, 3.63) is 0 Å². The van der Waals surface area contributed by atoms with Crippen LogP contribution in [0.2, 0.25) is 0 Å². The molecule has 2 unspecified atom stereocenters. The summed E-state index contributed by atoms with van der Waals surface area (Å²) in [6.07, 6.45) is 4.58. The fourth-order valence-electron chi connectivity index (χ4n) is 1.70. The summed E-state index contributed by atoms with van der Waals surface area (Å²) in [4.78, 5) is 11.3. The van der Waals surface area contributed by atoms with Crippen molar-refractivity contribution in [2.45, 2.75) is 38.6 Å². The van der Waals surface area contributed by atoms with Crippen LogP contribution in [0.25, 0.3) is 0 Å². The minimum Gasteiger partial charge on any atom is -0.466 e. The number of carbonyl (C=O) groups is 1. The molecule has 0 aromatic heterocycles. The number of nitrogens with two attached hydrogens (primary N) is 1. The molecule has 0 heterocycles. The molecule has 3 N–H and O–H groups in total. The molecule has 1 aliphatic carbocycles. The molecule has 0 saturated heterocycles. The number of hydrogen-bond donors (Lipinski definition) is 2. The van der Waals surface area contributed by atoms with Crippen molar-refractivity contribution < 1.29 is 22.5 Å². The van der Waals surface area contributed by atoms with Gasteiger partial charge < -0.3 is 10.5 Å².